The lowest BCUT2D eigenvalue weighted by atomic mass is 10.2. The maximum absolute atomic E-state index is 11.6. The number of hydrogen-bond acceptors (Lipinski definition) is 2. The maximum atomic E-state index is 11.6. The number of hydrogen-bond donors (Lipinski definition) is 3. The zero-order valence-corrected chi connectivity index (χ0v) is 12.2. The molecule has 1 saturated carbocycles. The lowest BCUT2D eigenvalue weighted by Gasteiger charge is -2.09. The minimum atomic E-state index is -0.143. The van der Waals surface area contributed by atoms with E-state index in [1.165, 1.54) is 0 Å². The Bertz CT molecular complexity index is 621. The van der Waals surface area contributed by atoms with Gasteiger partial charge in [-0.2, -0.15) is 0 Å². The molecule has 0 bridgehead atoms. The highest BCUT2D eigenvalue weighted by Gasteiger charge is 2.23. The van der Waals surface area contributed by atoms with E-state index in [9.17, 15) is 4.79 Å². The molecule has 1 aliphatic carbocycles. The van der Waals surface area contributed by atoms with Gasteiger partial charge in [0.25, 0.3) is 0 Å². The average molecular weight is 302 g/mol. The smallest absolute Gasteiger partial charge is 0.319 e. The Balaban J connectivity index is 1.58. The maximum Gasteiger partial charge on any atom is 0.319 e. The number of carbonyl (C=O) groups is 1. The Morgan fingerprint density at radius 1 is 0.905 bits per heavy atom. The van der Waals surface area contributed by atoms with Crippen molar-refractivity contribution >= 4 is 34.7 Å². The summed E-state index contributed by atoms with van der Waals surface area (Å²) >= 11 is 5.85. The van der Waals surface area contributed by atoms with E-state index < -0.39 is 0 Å². The highest BCUT2D eigenvalue weighted by atomic mass is 35.5. The quantitative estimate of drug-likeness (QED) is 0.785. The summed E-state index contributed by atoms with van der Waals surface area (Å²) < 4.78 is 0. The summed E-state index contributed by atoms with van der Waals surface area (Å²) in [4.78, 5) is 11.6. The molecule has 0 aromatic heterocycles. The molecule has 2 aromatic carbocycles. The summed E-state index contributed by atoms with van der Waals surface area (Å²) in [6, 6.07) is 15.3. The SMILES string of the molecule is O=C(Nc1ccc(Nc2ccc(Cl)cc2)cc1)NC1CC1. The Morgan fingerprint density at radius 2 is 1.43 bits per heavy atom. The van der Waals surface area contributed by atoms with Crippen LogP contribution >= 0.6 is 11.6 Å². The zero-order chi connectivity index (χ0) is 14.7. The predicted octanol–water partition coefficient (Wildman–Crippen LogP) is 4.37. The monoisotopic (exact) mass is 301 g/mol. The van der Waals surface area contributed by atoms with Gasteiger partial charge in [-0.05, 0) is 61.4 Å². The van der Waals surface area contributed by atoms with Crippen LogP contribution in [0, 0.1) is 0 Å². The minimum absolute atomic E-state index is 0.143. The van der Waals surface area contributed by atoms with E-state index in [1.54, 1.807) is 0 Å². The number of rotatable bonds is 4. The second kappa shape index (κ2) is 6.06. The fourth-order valence-corrected chi connectivity index (χ4v) is 2.04. The van der Waals surface area contributed by atoms with Crippen LogP contribution in [0.2, 0.25) is 5.02 Å². The van der Waals surface area contributed by atoms with Crippen molar-refractivity contribution in [2.24, 2.45) is 0 Å². The van der Waals surface area contributed by atoms with Crippen molar-refractivity contribution in [2.45, 2.75) is 18.9 Å². The van der Waals surface area contributed by atoms with Crippen LogP contribution in [0.5, 0.6) is 0 Å². The number of carbonyl (C=O) groups excluding carboxylic acids is 1. The van der Waals surface area contributed by atoms with Crippen molar-refractivity contribution < 1.29 is 4.79 Å². The molecule has 0 unspecified atom stereocenters. The van der Waals surface area contributed by atoms with Gasteiger partial charge in [0.15, 0.2) is 0 Å². The van der Waals surface area contributed by atoms with Gasteiger partial charge < -0.3 is 16.0 Å². The average Bonchev–Trinajstić information content (AvgIpc) is 3.27. The van der Waals surface area contributed by atoms with Crippen molar-refractivity contribution in [2.75, 3.05) is 10.6 Å². The van der Waals surface area contributed by atoms with E-state index in [0.717, 1.165) is 29.9 Å². The van der Waals surface area contributed by atoms with Gasteiger partial charge >= 0.3 is 6.03 Å². The van der Waals surface area contributed by atoms with E-state index in [2.05, 4.69) is 16.0 Å². The molecule has 1 fully saturated rings. The molecule has 3 rings (SSSR count). The first-order valence-electron chi connectivity index (χ1n) is 6.89. The van der Waals surface area contributed by atoms with Gasteiger partial charge in [0, 0.05) is 28.1 Å². The molecule has 3 N–H and O–H groups in total. The molecule has 0 heterocycles. The lowest BCUT2D eigenvalue weighted by Crippen LogP contribution is -2.30. The molecular formula is C16H16ClN3O. The molecule has 0 atom stereocenters. The predicted molar refractivity (Wildman–Crippen MR) is 86.4 cm³/mol. The molecule has 21 heavy (non-hydrogen) atoms. The van der Waals surface area contributed by atoms with Gasteiger partial charge in [-0.15, -0.1) is 0 Å². The molecule has 1 aliphatic rings. The highest BCUT2D eigenvalue weighted by Crippen LogP contribution is 2.21. The van der Waals surface area contributed by atoms with Gasteiger partial charge in [-0.25, -0.2) is 4.79 Å². The first-order chi connectivity index (χ1) is 10.2. The van der Waals surface area contributed by atoms with Crippen LogP contribution < -0.4 is 16.0 Å². The Hall–Kier alpha value is -2.20. The second-order valence-corrected chi connectivity index (χ2v) is 5.52. The van der Waals surface area contributed by atoms with Crippen LogP contribution in [-0.2, 0) is 0 Å². The van der Waals surface area contributed by atoms with E-state index in [4.69, 9.17) is 11.6 Å². The van der Waals surface area contributed by atoms with Crippen LogP contribution in [0.1, 0.15) is 12.8 Å². The molecular weight excluding hydrogens is 286 g/mol. The summed E-state index contributed by atoms with van der Waals surface area (Å²) in [5, 5.41) is 9.68. The van der Waals surface area contributed by atoms with Gasteiger partial charge in [0.1, 0.15) is 0 Å². The molecule has 0 saturated heterocycles. The van der Waals surface area contributed by atoms with Crippen LogP contribution in [0.3, 0.4) is 0 Å². The van der Waals surface area contributed by atoms with Crippen molar-refractivity contribution in [3.63, 3.8) is 0 Å². The fourth-order valence-electron chi connectivity index (χ4n) is 1.92. The summed E-state index contributed by atoms with van der Waals surface area (Å²) in [6.45, 7) is 0. The number of anilines is 3. The number of nitrogens with one attached hydrogen (secondary N) is 3. The second-order valence-electron chi connectivity index (χ2n) is 5.08. The van der Waals surface area contributed by atoms with Crippen LogP contribution in [0.25, 0.3) is 0 Å². The van der Waals surface area contributed by atoms with Gasteiger partial charge in [0.2, 0.25) is 0 Å². The third-order valence-corrected chi connectivity index (χ3v) is 3.44. The topological polar surface area (TPSA) is 53.2 Å². The van der Waals surface area contributed by atoms with E-state index in [-0.39, 0.29) is 6.03 Å². The van der Waals surface area contributed by atoms with Gasteiger partial charge in [-0.3, -0.25) is 0 Å². The molecule has 2 amide bonds. The fraction of sp³-hybridized carbons (Fsp3) is 0.188. The summed E-state index contributed by atoms with van der Waals surface area (Å²) in [5.74, 6) is 0. The first kappa shape index (κ1) is 13.8. The summed E-state index contributed by atoms with van der Waals surface area (Å²) in [5.41, 5.74) is 2.69. The Labute approximate surface area is 128 Å². The van der Waals surface area contributed by atoms with E-state index in [1.807, 2.05) is 48.5 Å². The Kier molecular flexibility index (Phi) is 3.97. The zero-order valence-electron chi connectivity index (χ0n) is 11.4. The minimum Gasteiger partial charge on any atom is -0.356 e. The van der Waals surface area contributed by atoms with Crippen LogP contribution in [-0.4, -0.2) is 12.1 Å². The number of amides is 2. The molecule has 2 aromatic rings. The Morgan fingerprint density at radius 3 is 2.00 bits per heavy atom. The molecule has 5 heteroatoms. The number of urea groups is 1. The van der Waals surface area contributed by atoms with Crippen molar-refractivity contribution in [1.29, 1.82) is 0 Å². The summed E-state index contributed by atoms with van der Waals surface area (Å²) in [6.07, 6.45) is 2.16. The van der Waals surface area contributed by atoms with Crippen molar-refractivity contribution in [3.05, 3.63) is 53.6 Å². The first-order valence-corrected chi connectivity index (χ1v) is 7.27. The number of halogens is 1. The molecule has 108 valence electrons. The van der Waals surface area contributed by atoms with E-state index in [0.29, 0.717) is 11.1 Å². The van der Waals surface area contributed by atoms with Gasteiger partial charge in [-0.1, -0.05) is 11.6 Å². The van der Waals surface area contributed by atoms with Crippen LogP contribution in [0.15, 0.2) is 48.5 Å². The van der Waals surface area contributed by atoms with Crippen LogP contribution in [0.4, 0.5) is 21.9 Å². The normalized spacial score (nSPS) is 13.6. The molecule has 4 nitrogen and oxygen atoms in total. The van der Waals surface area contributed by atoms with Crippen molar-refractivity contribution in [1.82, 2.24) is 5.32 Å². The molecule has 0 radical (unpaired) electrons. The third kappa shape index (κ3) is 4.13. The van der Waals surface area contributed by atoms with Gasteiger partial charge in [0.05, 0.1) is 0 Å². The highest BCUT2D eigenvalue weighted by molar-refractivity contribution is 6.30. The summed E-state index contributed by atoms with van der Waals surface area (Å²) in [7, 11) is 0. The largest absolute Gasteiger partial charge is 0.356 e. The van der Waals surface area contributed by atoms with Crippen molar-refractivity contribution in [3.8, 4) is 0 Å². The molecule has 0 spiro atoms. The molecule has 0 aliphatic heterocycles. The lowest BCUT2D eigenvalue weighted by molar-refractivity contribution is 0.251. The number of benzene rings is 2. The third-order valence-electron chi connectivity index (χ3n) is 3.19. The standard InChI is InChI=1S/C16H16ClN3O/c17-11-1-3-12(4-2-11)18-13-5-7-14(8-6-13)19-16(21)20-15-9-10-15/h1-8,15,18H,9-10H2,(H2,19,20,21). The van der Waals surface area contributed by atoms with E-state index >= 15 is 0 Å².